The molecule has 3 aromatic heterocycles. The molecule has 7 rings (SSSR count). The van der Waals surface area contributed by atoms with Crippen molar-refractivity contribution in [2.24, 2.45) is 0 Å². The number of urea groups is 1. The maximum absolute atomic E-state index is 13.5. The smallest absolute Gasteiger partial charge is 0.318 e. The second-order valence-corrected chi connectivity index (χ2v) is 11.8. The van der Waals surface area contributed by atoms with Gasteiger partial charge in [0.25, 0.3) is 0 Å². The molecule has 12 heteroatoms. The molecule has 5 heterocycles. The first-order valence-corrected chi connectivity index (χ1v) is 14.4. The van der Waals surface area contributed by atoms with Crippen molar-refractivity contribution in [1.29, 1.82) is 0 Å². The number of β-amino-alcohol motifs (C(OH)–C–C–N with tert-alkyl or cyclic N) is 1. The first kappa shape index (κ1) is 26.6. The molecule has 1 saturated carbocycles. The number of aryl methyl sites for hydroxylation is 1. The SMILES string of the molecule is Cc1cc(OCC2(c3ccccc3)CC2)cn2nc(C(O)CN3CC4(CCN(c5ccnc(F)n5)CC4)NC3=O)nc12. The third-order valence-electron chi connectivity index (χ3n) is 8.86. The van der Waals surface area contributed by atoms with Crippen LogP contribution in [-0.2, 0) is 5.41 Å². The molecule has 1 aromatic carbocycles. The van der Waals surface area contributed by atoms with Gasteiger partial charge in [0, 0.05) is 31.2 Å². The minimum atomic E-state index is -1.05. The molecule has 2 saturated heterocycles. The van der Waals surface area contributed by atoms with Crippen LogP contribution in [0.15, 0.2) is 54.9 Å². The average Bonchev–Trinajstić information content (AvgIpc) is 3.56. The highest BCUT2D eigenvalue weighted by Crippen LogP contribution is 2.48. The van der Waals surface area contributed by atoms with Crippen molar-refractivity contribution in [3.63, 3.8) is 0 Å². The van der Waals surface area contributed by atoms with Gasteiger partial charge in [-0.25, -0.2) is 19.3 Å². The Morgan fingerprint density at radius 2 is 1.90 bits per heavy atom. The Morgan fingerprint density at radius 3 is 2.64 bits per heavy atom. The molecule has 2 aliphatic heterocycles. The summed E-state index contributed by atoms with van der Waals surface area (Å²) in [6.45, 7) is 4.31. The molecule has 1 aliphatic carbocycles. The number of aliphatic hydroxyl groups excluding tert-OH is 1. The second-order valence-electron chi connectivity index (χ2n) is 11.8. The van der Waals surface area contributed by atoms with Gasteiger partial charge >= 0.3 is 12.1 Å². The Balaban J connectivity index is 0.992. The predicted octanol–water partition coefficient (Wildman–Crippen LogP) is 3.18. The highest BCUT2D eigenvalue weighted by molar-refractivity contribution is 5.78. The number of pyridine rings is 1. The van der Waals surface area contributed by atoms with Crippen molar-refractivity contribution in [1.82, 2.24) is 34.8 Å². The zero-order valence-corrected chi connectivity index (χ0v) is 23.4. The molecule has 2 amide bonds. The van der Waals surface area contributed by atoms with Gasteiger partial charge in [0.15, 0.2) is 11.5 Å². The van der Waals surface area contributed by atoms with Crippen LogP contribution in [0, 0.1) is 13.0 Å². The molecular weight excluding hydrogens is 539 g/mol. The summed E-state index contributed by atoms with van der Waals surface area (Å²) in [7, 11) is 0. The van der Waals surface area contributed by atoms with Crippen LogP contribution >= 0.6 is 0 Å². The maximum Gasteiger partial charge on any atom is 0.318 e. The summed E-state index contributed by atoms with van der Waals surface area (Å²) in [5.74, 6) is 1.50. The van der Waals surface area contributed by atoms with Crippen molar-refractivity contribution < 1.29 is 19.0 Å². The second kappa shape index (κ2) is 10.2. The highest BCUT2D eigenvalue weighted by atomic mass is 19.1. The maximum atomic E-state index is 13.5. The number of ether oxygens (including phenoxy) is 1. The van der Waals surface area contributed by atoms with E-state index in [1.165, 1.54) is 11.8 Å². The Hall–Kier alpha value is -4.32. The first-order valence-electron chi connectivity index (χ1n) is 14.4. The number of nitrogens with zero attached hydrogens (tertiary/aromatic N) is 7. The van der Waals surface area contributed by atoms with E-state index >= 15 is 0 Å². The molecule has 1 unspecified atom stereocenters. The molecule has 3 fully saturated rings. The van der Waals surface area contributed by atoms with E-state index in [9.17, 15) is 14.3 Å². The summed E-state index contributed by atoms with van der Waals surface area (Å²) in [4.78, 5) is 28.5. The number of carbonyl (C=O) groups excluding carboxylic acids is 1. The van der Waals surface area contributed by atoms with E-state index in [0.717, 1.165) is 18.4 Å². The molecular formula is C30H33FN8O3. The third kappa shape index (κ3) is 5.00. The largest absolute Gasteiger partial charge is 0.491 e. The molecule has 11 nitrogen and oxygen atoms in total. The lowest BCUT2D eigenvalue weighted by molar-refractivity contribution is 0.121. The Labute approximate surface area is 242 Å². The highest BCUT2D eigenvalue weighted by Gasteiger charge is 2.46. The van der Waals surface area contributed by atoms with Gasteiger partial charge in [0.1, 0.15) is 17.7 Å². The molecule has 0 radical (unpaired) electrons. The zero-order valence-electron chi connectivity index (χ0n) is 23.4. The number of halogens is 1. The van der Waals surface area contributed by atoms with Gasteiger partial charge in [-0.2, -0.15) is 9.37 Å². The Kier molecular flexibility index (Phi) is 6.45. The molecule has 2 N–H and O–H groups in total. The molecule has 0 bridgehead atoms. The van der Waals surface area contributed by atoms with Gasteiger partial charge in [0.05, 0.1) is 24.9 Å². The topological polar surface area (TPSA) is 121 Å². The standard InChI is InChI=1S/C30H33FN8O3/c1-20-15-22(42-19-29(8-9-29)21-5-3-2-4-6-21)16-39-26(20)34-25(36-39)23(40)17-38-18-30(35-28(38)41)10-13-37(14-11-30)24-7-12-32-27(31)33-24/h2-7,12,15-16,23,40H,8-11,13-14,17-19H2,1H3,(H,35,41). The summed E-state index contributed by atoms with van der Waals surface area (Å²) in [5.41, 5.74) is 2.47. The summed E-state index contributed by atoms with van der Waals surface area (Å²) < 4.78 is 21.3. The van der Waals surface area contributed by atoms with Crippen LogP contribution in [0.3, 0.4) is 0 Å². The van der Waals surface area contributed by atoms with Crippen LogP contribution in [0.5, 0.6) is 5.75 Å². The predicted molar refractivity (Wildman–Crippen MR) is 152 cm³/mol. The van der Waals surface area contributed by atoms with Gasteiger partial charge in [-0.05, 0) is 55.9 Å². The number of rotatable bonds is 8. The monoisotopic (exact) mass is 572 g/mol. The average molecular weight is 573 g/mol. The Bertz CT molecular complexity index is 1620. The van der Waals surface area contributed by atoms with Crippen molar-refractivity contribution in [3.8, 4) is 5.75 Å². The van der Waals surface area contributed by atoms with Crippen LogP contribution in [0.2, 0.25) is 0 Å². The van der Waals surface area contributed by atoms with E-state index in [1.807, 2.05) is 24.0 Å². The van der Waals surface area contributed by atoms with E-state index in [-0.39, 0.29) is 23.8 Å². The first-order chi connectivity index (χ1) is 20.3. The minimum Gasteiger partial charge on any atom is -0.491 e. The van der Waals surface area contributed by atoms with Crippen molar-refractivity contribution in [2.45, 2.75) is 49.7 Å². The van der Waals surface area contributed by atoms with Gasteiger partial charge in [-0.15, -0.1) is 5.10 Å². The van der Waals surface area contributed by atoms with Gasteiger partial charge < -0.3 is 25.0 Å². The van der Waals surface area contributed by atoms with Gasteiger partial charge in [0.2, 0.25) is 0 Å². The van der Waals surface area contributed by atoms with E-state index in [1.54, 1.807) is 21.7 Å². The van der Waals surface area contributed by atoms with E-state index in [0.29, 0.717) is 56.3 Å². The quantitative estimate of drug-likeness (QED) is 0.309. The van der Waals surface area contributed by atoms with Gasteiger partial charge in [-0.1, -0.05) is 30.3 Å². The minimum absolute atomic E-state index is 0.0615. The zero-order chi connectivity index (χ0) is 28.9. The molecule has 3 aliphatic rings. The lowest BCUT2D eigenvalue weighted by atomic mass is 9.88. The fourth-order valence-corrected chi connectivity index (χ4v) is 6.20. The number of benzene rings is 1. The van der Waals surface area contributed by atoms with E-state index < -0.39 is 17.7 Å². The summed E-state index contributed by atoms with van der Waals surface area (Å²) >= 11 is 0. The summed E-state index contributed by atoms with van der Waals surface area (Å²) in [5, 5.41) is 18.7. The number of hydrogen-bond donors (Lipinski definition) is 2. The molecule has 42 heavy (non-hydrogen) atoms. The van der Waals surface area contributed by atoms with Crippen LogP contribution in [0.4, 0.5) is 15.0 Å². The van der Waals surface area contributed by atoms with E-state index in [2.05, 4.69) is 49.6 Å². The number of carbonyl (C=O) groups is 1. The number of hydrogen-bond acceptors (Lipinski definition) is 8. The number of aliphatic hydroxyl groups is 1. The number of amides is 2. The third-order valence-corrected chi connectivity index (χ3v) is 8.86. The van der Waals surface area contributed by atoms with Crippen molar-refractivity contribution in [2.75, 3.05) is 37.7 Å². The van der Waals surface area contributed by atoms with Crippen LogP contribution in [-0.4, -0.2) is 78.9 Å². The van der Waals surface area contributed by atoms with Crippen LogP contribution in [0.25, 0.3) is 5.65 Å². The van der Waals surface area contributed by atoms with Crippen LogP contribution in [0.1, 0.15) is 48.7 Å². The number of anilines is 1. The van der Waals surface area contributed by atoms with Gasteiger partial charge in [-0.3, -0.25) is 0 Å². The Morgan fingerprint density at radius 1 is 1.12 bits per heavy atom. The summed E-state index contributed by atoms with van der Waals surface area (Å²) in [6.07, 6.45) is 4.95. The number of fused-ring (bicyclic) bond motifs is 1. The number of aromatic nitrogens is 5. The van der Waals surface area contributed by atoms with Crippen LogP contribution < -0.4 is 15.0 Å². The molecule has 1 atom stereocenters. The van der Waals surface area contributed by atoms with Crippen molar-refractivity contribution in [3.05, 3.63) is 77.9 Å². The molecule has 4 aromatic rings. The number of nitrogens with one attached hydrogen (secondary N) is 1. The fourth-order valence-electron chi connectivity index (χ4n) is 6.20. The van der Waals surface area contributed by atoms with E-state index in [4.69, 9.17) is 4.74 Å². The fraction of sp³-hybridized carbons (Fsp3) is 0.433. The molecule has 218 valence electrons. The van der Waals surface area contributed by atoms with Crippen molar-refractivity contribution >= 4 is 17.5 Å². The lowest BCUT2D eigenvalue weighted by Crippen LogP contribution is -2.52. The number of piperidine rings is 1. The normalized spacial score (nSPS) is 19.7. The summed E-state index contributed by atoms with van der Waals surface area (Å²) in [6, 6.07) is 13.9. The lowest BCUT2D eigenvalue weighted by Gasteiger charge is -2.39. The molecule has 1 spiro atoms.